The maximum Gasteiger partial charge on any atom is 0.259 e. The first-order valence-corrected chi connectivity index (χ1v) is 7.74. The maximum absolute atomic E-state index is 12.1. The van der Waals surface area contributed by atoms with Crippen molar-refractivity contribution < 1.29 is 0 Å². The van der Waals surface area contributed by atoms with Gasteiger partial charge in [0.2, 0.25) is 0 Å². The summed E-state index contributed by atoms with van der Waals surface area (Å²) in [6.07, 6.45) is 3.82. The van der Waals surface area contributed by atoms with E-state index in [4.69, 9.17) is 0 Å². The first kappa shape index (κ1) is 12.8. The number of fused-ring (bicyclic) bond motifs is 1. The molecule has 102 valence electrons. The van der Waals surface area contributed by atoms with Gasteiger partial charge in [-0.2, -0.15) is 0 Å². The Labute approximate surface area is 116 Å². The third-order valence-corrected chi connectivity index (χ3v) is 4.88. The molecule has 0 radical (unpaired) electrons. The zero-order chi connectivity index (χ0) is 13.4. The Morgan fingerprint density at radius 1 is 1.47 bits per heavy atom. The Morgan fingerprint density at radius 3 is 3.11 bits per heavy atom. The van der Waals surface area contributed by atoms with Crippen LogP contribution in [0.2, 0.25) is 0 Å². The van der Waals surface area contributed by atoms with Gasteiger partial charge in [0.1, 0.15) is 0 Å². The number of likely N-dealkylation sites (tertiary alicyclic amines) is 1. The number of thiazole rings is 1. The highest BCUT2D eigenvalue weighted by Gasteiger charge is 2.19. The molecule has 0 aliphatic carbocycles. The van der Waals surface area contributed by atoms with Gasteiger partial charge in [-0.25, -0.2) is 4.98 Å². The molecular weight excluding hydrogens is 258 g/mol. The molecule has 2 aromatic rings. The molecule has 1 saturated heterocycles. The van der Waals surface area contributed by atoms with Crippen LogP contribution in [0.4, 0.5) is 0 Å². The van der Waals surface area contributed by atoms with E-state index in [-0.39, 0.29) is 5.56 Å². The topological polar surface area (TPSA) is 37.6 Å². The van der Waals surface area contributed by atoms with Crippen LogP contribution in [0.15, 0.2) is 16.2 Å². The molecule has 0 aromatic carbocycles. The highest BCUT2D eigenvalue weighted by atomic mass is 32.1. The predicted octanol–water partition coefficient (Wildman–Crippen LogP) is 2.44. The van der Waals surface area contributed by atoms with Gasteiger partial charge in [-0.05, 0) is 33.2 Å². The number of aromatic nitrogens is 2. The molecule has 0 unspecified atom stereocenters. The average Bonchev–Trinajstić information content (AvgIpc) is 2.74. The van der Waals surface area contributed by atoms with Crippen LogP contribution in [-0.4, -0.2) is 26.9 Å². The summed E-state index contributed by atoms with van der Waals surface area (Å²) in [5.74, 6) is 0. The van der Waals surface area contributed by atoms with E-state index < -0.39 is 0 Å². The number of hydrogen-bond acceptors (Lipinski definition) is 4. The summed E-state index contributed by atoms with van der Waals surface area (Å²) < 4.78 is 1.69. The molecule has 19 heavy (non-hydrogen) atoms. The van der Waals surface area contributed by atoms with Gasteiger partial charge in [0.15, 0.2) is 4.96 Å². The van der Waals surface area contributed by atoms with Gasteiger partial charge in [0.25, 0.3) is 5.56 Å². The van der Waals surface area contributed by atoms with E-state index in [1.165, 1.54) is 30.6 Å². The van der Waals surface area contributed by atoms with Gasteiger partial charge >= 0.3 is 0 Å². The predicted molar refractivity (Wildman–Crippen MR) is 77.8 cm³/mol. The molecular formula is C14H19N3OS. The van der Waals surface area contributed by atoms with E-state index in [0.717, 1.165) is 29.4 Å². The molecule has 0 N–H and O–H groups in total. The summed E-state index contributed by atoms with van der Waals surface area (Å²) in [4.78, 5) is 20.0. The fraction of sp³-hybridized carbons (Fsp3) is 0.571. The monoisotopic (exact) mass is 277 g/mol. The van der Waals surface area contributed by atoms with E-state index in [0.29, 0.717) is 6.04 Å². The molecule has 1 aliphatic heterocycles. The Morgan fingerprint density at radius 2 is 2.32 bits per heavy atom. The Balaban J connectivity index is 1.91. The highest BCUT2D eigenvalue weighted by Crippen LogP contribution is 2.19. The summed E-state index contributed by atoms with van der Waals surface area (Å²) in [6.45, 7) is 6.12. The summed E-state index contributed by atoms with van der Waals surface area (Å²) in [5, 5.41) is 1.98. The van der Waals surface area contributed by atoms with Crippen molar-refractivity contribution in [3.8, 4) is 0 Å². The van der Waals surface area contributed by atoms with E-state index in [1.807, 2.05) is 12.3 Å². The van der Waals surface area contributed by atoms with Crippen molar-refractivity contribution >= 4 is 16.3 Å². The Hall–Kier alpha value is -1.20. The lowest BCUT2D eigenvalue weighted by Crippen LogP contribution is -2.37. The molecule has 0 amide bonds. The SMILES string of the molecule is Cc1csc2nc(CN3CCCC[C@H]3C)cc(=O)n12. The van der Waals surface area contributed by atoms with Gasteiger partial charge < -0.3 is 0 Å². The summed E-state index contributed by atoms with van der Waals surface area (Å²) in [7, 11) is 0. The van der Waals surface area contributed by atoms with Crippen LogP contribution in [0.5, 0.6) is 0 Å². The molecule has 3 rings (SSSR count). The van der Waals surface area contributed by atoms with Crippen LogP contribution in [0.1, 0.15) is 37.6 Å². The first-order chi connectivity index (χ1) is 9.15. The van der Waals surface area contributed by atoms with Crippen LogP contribution < -0.4 is 5.56 Å². The maximum atomic E-state index is 12.1. The third kappa shape index (κ3) is 2.44. The number of nitrogens with zero attached hydrogens (tertiary/aromatic N) is 3. The molecule has 0 bridgehead atoms. The molecule has 1 fully saturated rings. The lowest BCUT2D eigenvalue weighted by Gasteiger charge is -2.32. The van der Waals surface area contributed by atoms with Crippen LogP contribution in [-0.2, 0) is 6.54 Å². The normalized spacial score (nSPS) is 21.1. The van der Waals surface area contributed by atoms with Crippen LogP contribution in [0, 0.1) is 6.92 Å². The zero-order valence-corrected chi connectivity index (χ0v) is 12.2. The molecule has 4 nitrogen and oxygen atoms in total. The van der Waals surface area contributed by atoms with Crippen molar-refractivity contribution in [3.05, 3.63) is 33.2 Å². The molecule has 2 aromatic heterocycles. The van der Waals surface area contributed by atoms with Crippen molar-refractivity contribution in [2.75, 3.05) is 6.54 Å². The average molecular weight is 277 g/mol. The number of rotatable bonds is 2. The van der Waals surface area contributed by atoms with Crippen LogP contribution in [0.25, 0.3) is 4.96 Å². The Kier molecular flexibility index (Phi) is 3.41. The van der Waals surface area contributed by atoms with Crippen molar-refractivity contribution in [1.29, 1.82) is 0 Å². The Bertz CT molecular complexity index is 646. The van der Waals surface area contributed by atoms with Crippen molar-refractivity contribution in [3.63, 3.8) is 0 Å². The van der Waals surface area contributed by atoms with Crippen molar-refractivity contribution in [1.82, 2.24) is 14.3 Å². The second kappa shape index (κ2) is 5.06. The van der Waals surface area contributed by atoms with Crippen LogP contribution in [0.3, 0.4) is 0 Å². The van der Waals surface area contributed by atoms with Gasteiger partial charge in [-0.3, -0.25) is 14.1 Å². The van der Waals surface area contributed by atoms with Crippen molar-refractivity contribution in [2.45, 2.75) is 45.7 Å². The standard InChI is InChI=1S/C14H19N3OS/c1-10-5-3-4-6-16(10)8-12-7-13(18)17-11(2)9-19-14(17)15-12/h7,9-10H,3-6,8H2,1-2H3/t10-/m1/s1. The number of aryl methyl sites for hydroxylation is 1. The molecule has 0 spiro atoms. The van der Waals surface area contributed by atoms with Crippen LogP contribution >= 0.6 is 11.3 Å². The summed E-state index contributed by atoms with van der Waals surface area (Å²) in [5.41, 5.74) is 1.92. The minimum absolute atomic E-state index is 0.0448. The molecule has 3 heterocycles. The summed E-state index contributed by atoms with van der Waals surface area (Å²) in [6, 6.07) is 2.28. The quantitative estimate of drug-likeness (QED) is 0.846. The molecule has 1 aliphatic rings. The summed E-state index contributed by atoms with van der Waals surface area (Å²) >= 11 is 1.54. The highest BCUT2D eigenvalue weighted by molar-refractivity contribution is 7.15. The zero-order valence-electron chi connectivity index (χ0n) is 11.4. The van der Waals surface area contributed by atoms with Gasteiger partial charge in [-0.15, -0.1) is 11.3 Å². The number of piperidine rings is 1. The third-order valence-electron chi connectivity index (χ3n) is 3.93. The minimum atomic E-state index is 0.0448. The van der Waals surface area contributed by atoms with Crippen molar-refractivity contribution in [2.24, 2.45) is 0 Å². The molecule has 1 atom stereocenters. The second-order valence-corrected chi connectivity index (χ2v) is 6.23. The van der Waals surface area contributed by atoms with Gasteiger partial charge in [0.05, 0.1) is 5.69 Å². The second-order valence-electron chi connectivity index (χ2n) is 5.40. The van der Waals surface area contributed by atoms with Gasteiger partial charge in [0, 0.05) is 29.7 Å². The first-order valence-electron chi connectivity index (χ1n) is 6.86. The largest absolute Gasteiger partial charge is 0.295 e. The lowest BCUT2D eigenvalue weighted by atomic mass is 10.0. The minimum Gasteiger partial charge on any atom is -0.295 e. The van der Waals surface area contributed by atoms with E-state index in [1.54, 1.807) is 10.5 Å². The van der Waals surface area contributed by atoms with Gasteiger partial charge in [-0.1, -0.05) is 6.42 Å². The number of hydrogen-bond donors (Lipinski definition) is 0. The van der Waals surface area contributed by atoms with E-state index in [9.17, 15) is 4.79 Å². The lowest BCUT2D eigenvalue weighted by molar-refractivity contribution is 0.151. The van der Waals surface area contributed by atoms with E-state index in [2.05, 4.69) is 16.8 Å². The van der Waals surface area contributed by atoms with E-state index >= 15 is 0 Å². The molecule has 5 heteroatoms. The smallest absolute Gasteiger partial charge is 0.259 e. The molecule has 0 saturated carbocycles. The fourth-order valence-electron chi connectivity index (χ4n) is 2.78. The fourth-order valence-corrected chi connectivity index (χ4v) is 3.67.